The molecule has 0 saturated heterocycles. The molecule has 0 aliphatic carbocycles. The lowest BCUT2D eigenvalue weighted by molar-refractivity contribution is -0.169. The van der Waals surface area contributed by atoms with E-state index in [1.54, 1.807) is 0 Å². The lowest BCUT2D eigenvalue weighted by Crippen LogP contribution is -2.48. The highest BCUT2D eigenvalue weighted by Crippen LogP contribution is 2.31. The average molecular weight is 503 g/mol. The summed E-state index contributed by atoms with van der Waals surface area (Å²) >= 11 is 0. The monoisotopic (exact) mass is 502 g/mol. The van der Waals surface area contributed by atoms with Gasteiger partial charge in [-0.3, -0.25) is 14.4 Å². The fourth-order valence-corrected chi connectivity index (χ4v) is 4.22. The van der Waals surface area contributed by atoms with Crippen LogP contribution >= 0.6 is 0 Å². The molecule has 8 nitrogen and oxygen atoms in total. The van der Waals surface area contributed by atoms with E-state index < -0.39 is 54.8 Å². The summed E-state index contributed by atoms with van der Waals surface area (Å²) in [6.07, 6.45) is 13.7. The minimum atomic E-state index is -1.89. The first kappa shape index (κ1) is 33.7. The van der Waals surface area contributed by atoms with Gasteiger partial charge in [0.1, 0.15) is 6.61 Å². The van der Waals surface area contributed by atoms with E-state index in [0.717, 1.165) is 38.5 Å². The van der Waals surface area contributed by atoms with Gasteiger partial charge in [-0.1, -0.05) is 77.0 Å². The predicted octanol–water partition coefficient (Wildman–Crippen LogP) is 3.50. The number of Topliss-reactive ketones (excluding diaryl/α,β-unsaturated/α-hetero) is 2. The average Bonchev–Trinajstić information content (AvgIpc) is 2.82. The molecule has 35 heavy (non-hydrogen) atoms. The lowest BCUT2D eigenvalue weighted by Gasteiger charge is -2.31. The van der Waals surface area contributed by atoms with E-state index in [4.69, 9.17) is 4.74 Å². The molecule has 0 heterocycles. The highest BCUT2D eigenvalue weighted by atomic mass is 16.5. The molecule has 4 N–H and O–H groups in total. The van der Waals surface area contributed by atoms with Crippen molar-refractivity contribution < 1.29 is 39.5 Å². The van der Waals surface area contributed by atoms with Gasteiger partial charge in [0.2, 0.25) is 0 Å². The smallest absolute Gasteiger partial charge is 0.327 e. The third kappa shape index (κ3) is 12.4. The molecule has 0 aromatic rings. The molecule has 0 aromatic heterocycles. The van der Waals surface area contributed by atoms with E-state index in [2.05, 4.69) is 0 Å². The SMILES string of the molecule is CC(=O)C(CCCCCCCCCCCCCCC(C)O)(C(C)=O)C(=O)OCC(CO)(CO)CO. The number of ketones is 2. The van der Waals surface area contributed by atoms with Gasteiger partial charge in [0.15, 0.2) is 17.0 Å². The molecule has 0 saturated carbocycles. The first-order valence-electron chi connectivity index (χ1n) is 13.3. The summed E-state index contributed by atoms with van der Waals surface area (Å²) in [5.74, 6) is -2.14. The normalized spacial score (nSPS) is 13.0. The number of hydrogen-bond acceptors (Lipinski definition) is 8. The summed E-state index contributed by atoms with van der Waals surface area (Å²) in [7, 11) is 0. The molecule has 0 aromatic carbocycles. The number of esters is 1. The zero-order chi connectivity index (χ0) is 26.7. The van der Waals surface area contributed by atoms with Crippen LogP contribution in [0.4, 0.5) is 0 Å². The Morgan fingerprint density at radius 3 is 1.40 bits per heavy atom. The maximum atomic E-state index is 12.8. The second-order valence-electron chi connectivity index (χ2n) is 10.2. The zero-order valence-electron chi connectivity index (χ0n) is 22.2. The van der Waals surface area contributed by atoms with E-state index in [-0.39, 0.29) is 12.5 Å². The Morgan fingerprint density at radius 1 is 0.686 bits per heavy atom. The summed E-state index contributed by atoms with van der Waals surface area (Å²) in [5, 5.41) is 37.5. The predicted molar refractivity (Wildman–Crippen MR) is 135 cm³/mol. The molecule has 0 radical (unpaired) electrons. The largest absolute Gasteiger partial charge is 0.464 e. The second-order valence-corrected chi connectivity index (χ2v) is 10.2. The number of hydrogen-bond donors (Lipinski definition) is 4. The van der Waals surface area contributed by atoms with Crippen molar-refractivity contribution in [3.63, 3.8) is 0 Å². The Labute approximate surface area is 211 Å². The Balaban J connectivity index is 4.32. The molecule has 1 atom stereocenters. The molecule has 206 valence electrons. The van der Waals surface area contributed by atoms with Crippen LogP contribution in [-0.2, 0) is 19.1 Å². The molecule has 0 rings (SSSR count). The lowest BCUT2D eigenvalue weighted by atomic mass is 9.75. The van der Waals surface area contributed by atoms with Crippen molar-refractivity contribution in [1.29, 1.82) is 0 Å². The van der Waals surface area contributed by atoms with Gasteiger partial charge < -0.3 is 25.2 Å². The second kappa shape index (κ2) is 18.9. The van der Waals surface area contributed by atoms with E-state index >= 15 is 0 Å². The van der Waals surface area contributed by atoms with Crippen LogP contribution in [-0.4, -0.2) is 70.5 Å². The Hall–Kier alpha value is -1.35. The summed E-state index contributed by atoms with van der Waals surface area (Å²) in [4.78, 5) is 37.6. The minimum Gasteiger partial charge on any atom is -0.464 e. The molecule has 0 amide bonds. The molecule has 0 aliphatic heterocycles. The quantitative estimate of drug-likeness (QED) is 0.0945. The van der Waals surface area contributed by atoms with Gasteiger partial charge in [-0.25, -0.2) is 0 Å². The molecule has 8 heteroatoms. The van der Waals surface area contributed by atoms with Gasteiger partial charge in [0.25, 0.3) is 0 Å². The number of rotatable bonds is 23. The fraction of sp³-hybridized carbons (Fsp3) is 0.889. The van der Waals surface area contributed by atoms with E-state index in [1.165, 1.54) is 52.4 Å². The zero-order valence-corrected chi connectivity index (χ0v) is 22.2. The van der Waals surface area contributed by atoms with Crippen molar-refractivity contribution in [2.45, 2.75) is 117 Å². The maximum absolute atomic E-state index is 12.8. The molecule has 0 spiro atoms. The number of carbonyl (C=O) groups is 3. The van der Waals surface area contributed by atoms with Gasteiger partial charge in [-0.15, -0.1) is 0 Å². The Bertz CT molecular complexity index is 576. The van der Waals surface area contributed by atoms with E-state index in [9.17, 15) is 34.8 Å². The van der Waals surface area contributed by atoms with Crippen molar-refractivity contribution in [2.75, 3.05) is 26.4 Å². The van der Waals surface area contributed by atoms with Crippen LogP contribution in [0.25, 0.3) is 0 Å². The first-order valence-corrected chi connectivity index (χ1v) is 13.3. The molecular weight excluding hydrogens is 452 g/mol. The first-order chi connectivity index (χ1) is 16.6. The highest BCUT2D eigenvalue weighted by Gasteiger charge is 2.49. The standard InChI is InChI=1S/C27H50O8/c1-22(31)16-14-12-10-8-6-4-5-7-9-11-13-15-17-27(23(2)32,24(3)33)25(34)35-21-26(18-28,19-29)20-30/h22,28-31H,4-21H2,1-3H3. The number of aliphatic hydroxyl groups excluding tert-OH is 4. The molecule has 0 fully saturated rings. The van der Waals surface area contributed by atoms with Gasteiger partial charge in [-0.2, -0.15) is 0 Å². The summed E-state index contributed by atoms with van der Waals surface area (Å²) < 4.78 is 5.17. The van der Waals surface area contributed by atoms with Gasteiger partial charge in [-0.05, 0) is 33.6 Å². The van der Waals surface area contributed by atoms with Crippen molar-refractivity contribution in [2.24, 2.45) is 10.8 Å². The molecular formula is C27H50O8. The van der Waals surface area contributed by atoms with Crippen molar-refractivity contribution in [3.05, 3.63) is 0 Å². The molecule has 1 unspecified atom stereocenters. The minimum absolute atomic E-state index is 0.0654. The Morgan fingerprint density at radius 2 is 1.06 bits per heavy atom. The molecule has 0 bridgehead atoms. The van der Waals surface area contributed by atoms with Crippen molar-refractivity contribution >= 4 is 17.5 Å². The van der Waals surface area contributed by atoms with Crippen LogP contribution in [0, 0.1) is 10.8 Å². The van der Waals surface area contributed by atoms with Gasteiger partial charge >= 0.3 is 5.97 Å². The summed E-state index contributed by atoms with van der Waals surface area (Å²) in [5.41, 5.74) is -3.31. The van der Waals surface area contributed by atoms with Gasteiger partial charge in [0.05, 0.1) is 31.3 Å². The van der Waals surface area contributed by atoms with Crippen LogP contribution in [0.3, 0.4) is 0 Å². The Kier molecular flexibility index (Phi) is 18.1. The van der Waals surface area contributed by atoms with Crippen molar-refractivity contribution in [3.8, 4) is 0 Å². The maximum Gasteiger partial charge on any atom is 0.327 e. The van der Waals surface area contributed by atoms with Crippen LogP contribution < -0.4 is 0 Å². The topological polar surface area (TPSA) is 141 Å². The number of carbonyl (C=O) groups excluding carboxylic acids is 3. The molecule has 0 aliphatic rings. The van der Waals surface area contributed by atoms with E-state index in [1.807, 2.05) is 6.92 Å². The number of unbranched alkanes of at least 4 members (excludes halogenated alkanes) is 11. The van der Waals surface area contributed by atoms with Crippen LogP contribution in [0.15, 0.2) is 0 Å². The third-order valence-corrected chi connectivity index (χ3v) is 6.99. The summed E-state index contributed by atoms with van der Waals surface area (Å²) in [6, 6.07) is 0. The summed E-state index contributed by atoms with van der Waals surface area (Å²) in [6.45, 7) is 1.93. The fourth-order valence-electron chi connectivity index (χ4n) is 4.22. The van der Waals surface area contributed by atoms with Crippen LogP contribution in [0.5, 0.6) is 0 Å². The van der Waals surface area contributed by atoms with Crippen LogP contribution in [0.1, 0.15) is 111 Å². The number of ether oxygens (including phenoxy) is 1. The van der Waals surface area contributed by atoms with Crippen LogP contribution in [0.2, 0.25) is 0 Å². The highest BCUT2D eigenvalue weighted by molar-refractivity contribution is 6.21. The van der Waals surface area contributed by atoms with Gasteiger partial charge in [0, 0.05) is 0 Å². The van der Waals surface area contributed by atoms with Crippen molar-refractivity contribution in [1.82, 2.24) is 0 Å². The van der Waals surface area contributed by atoms with E-state index in [0.29, 0.717) is 6.42 Å². The third-order valence-electron chi connectivity index (χ3n) is 6.99. The number of aliphatic hydroxyl groups is 4.